The summed E-state index contributed by atoms with van der Waals surface area (Å²) in [4.78, 5) is 11.3. The molecule has 1 fully saturated rings. The van der Waals surface area contributed by atoms with Gasteiger partial charge in [-0.15, -0.1) is 0 Å². The molecule has 0 aliphatic heterocycles. The van der Waals surface area contributed by atoms with Crippen LogP contribution < -0.4 is 5.32 Å². The Hall–Kier alpha value is -1.26. The SMILES string of the molecule is CCOC(=O)NCCC(C)(O)CC1(c2ccc(Cl)cc2)CCC1. The van der Waals surface area contributed by atoms with E-state index in [2.05, 4.69) is 17.4 Å². The zero-order valence-corrected chi connectivity index (χ0v) is 14.7. The average molecular weight is 340 g/mol. The minimum Gasteiger partial charge on any atom is -0.450 e. The summed E-state index contributed by atoms with van der Waals surface area (Å²) in [5.41, 5.74) is 0.434. The first-order valence-corrected chi connectivity index (χ1v) is 8.64. The van der Waals surface area contributed by atoms with Gasteiger partial charge in [-0.2, -0.15) is 0 Å². The molecule has 2 rings (SSSR count). The van der Waals surface area contributed by atoms with Crippen LogP contribution >= 0.6 is 11.6 Å². The summed E-state index contributed by atoms with van der Waals surface area (Å²) >= 11 is 5.98. The van der Waals surface area contributed by atoms with E-state index in [0.29, 0.717) is 26.0 Å². The number of carbonyl (C=O) groups is 1. The van der Waals surface area contributed by atoms with Gasteiger partial charge in [-0.3, -0.25) is 0 Å². The number of rotatable bonds is 7. The van der Waals surface area contributed by atoms with Crippen LogP contribution in [0.3, 0.4) is 0 Å². The van der Waals surface area contributed by atoms with Crippen LogP contribution in [-0.4, -0.2) is 30.0 Å². The highest BCUT2D eigenvalue weighted by molar-refractivity contribution is 6.30. The molecule has 0 radical (unpaired) electrons. The van der Waals surface area contributed by atoms with Crippen molar-refractivity contribution in [2.24, 2.45) is 0 Å². The molecule has 1 aliphatic carbocycles. The molecule has 1 amide bonds. The normalized spacial score (nSPS) is 18.6. The van der Waals surface area contributed by atoms with Crippen LogP contribution in [0, 0.1) is 0 Å². The lowest BCUT2D eigenvalue weighted by molar-refractivity contribution is -0.0000173. The minimum absolute atomic E-state index is 0.0258. The molecule has 0 heterocycles. The first kappa shape index (κ1) is 18.1. The number of benzene rings is 1. The molecular formula is C18H26ClNO3. The number of alkyl carbamates (subject to hydrolysis) is 1. The largest absolute Gasteiger partial charge is 0.450 e. The number of hydrogen-bond donors (Lipinski definition) is 2. The lowest BCUT2D eigenvalue weighted by atomic mass is 9.59. The monoisotopic (exact) mass is 339 g/mol. The van der Waals surface area contributed by atoms with Crippen molar-refractivity contribution in [1.82, 2.24) is 5.32 Å². The number of carbonyl (C=O) groups excluding carboxylic acids is 1. The highest BCUT2D eigenvalue weighted by Crippen LogP contribution is 2.49. The number of aliphatic hydroxyl groups is 1. The lowest BCUT2D eigenvalue weighted by Crippen LogP contribution is -2.44. The zero-order chi connectivity index (χ0) is 16.9. The van der Waals surface area contributed by atoms with Crippen LogP contribution in [0.2, 0.25) is 5.02 Å². The van der Waals surface area contributed by atoms with Gasteiger partial charge in [-0.05, 0) is 62.6 Å². The predicted molar refractivity (Wildman–Crippen MR) is 91.9 cm³/mol. The van der Waals surface area contributed by atoms with E-state index >= 15 is 0 Å². The summed E-state index contributed by atoms with van der Waals surface area (Å²) in [7, 11) is 0. The van der Waals surface area contributed by atoms with Gasteiger partial charge in [0.2, 0.25) is 0 Å². The second kappa shape index (κ2) is 7.54. The molecule has 1 unspecified atom stereocenters. The first-order valence-electron chi connectivity index (χ1n) is 8.26. The second-order valence-electron chi connectivity index (χ2n) is 6.71. The Kier molecular flexibility index (Phi) is 5.93. The van der Waals surface area contributed by atoms with Crippen molar-refractivity contribution in [1.29, 1.82) is 0 Å². The quantitative estimate of drug-likeness (QED) is 0.788. The summed E-state index contributed by atoms with van der Waals surface area (Å²) in [5.74, 6) is 0. The third-order valence-electron chi connectivity index (χ3n) is 4.69. The summed E-state index contributed by atoms with van der Waals surface area (Å²) < 4.78 is 4.83. The van der Waals surface area contributed by atoms with Gasteiger partial charge >= 0.3 is 6.09 Å². The predicted octanol–water partition coefficient (Wildman–Crippen LogP) is 4.04. The standard InChI is InChI=1S/C18H26ClNO3/c1-3-23-16(21)20-12-11-17(2,22)13-18(9-4-10-18)14-5-7-15(19)8-6-14/h5-8,22H,3-4,9-13H2,1-2H3,(H,20,21). The smallest absolute Gasteiger partial charge is 0.407 e. The molecule has 1 aromatic rings. The Morgan fingerprint density at radius 2 is 2.04 bits per heavy atom. The Morgan fingerprint density at radius 3 is 2.57 bits per heavy atom. The third kappa shape index (κ3) is 4.85. The molecular weight excluding hydrogens is 314 g/mol. The molecule has 1 aromatic carbocycles. The minimum atomic E-state index is -0.834. The maximum atomic E-state index is 11.3. The fraction of sp³-hybridized carbons (Fsp3) is 0.611. The molecule has 0 saturated heterocycles. The van der Waals surface area contributed by atoms with Gasteiger partial charge in [0.05, 0.1) is 12.2 Å². The molecule has 128 valence electrons. The van der Waals surface area contributed by atoms with Gasteiger partial charge in [-0.1, -0.05) is 30.2 Å². The van der Waals surface area contributed by atoms with Gasteiger partial charge in [0.25, 0.3) is 0 Å². The van der Waals surface area contributed by atoms with Crippen LogP contribution in [0.4, 0.5) is 4.79 Å². The molecule has 2 N–H and O–H groups in total. The molecule has 0 spiro atoms. The van der Waals surface area contributed by atoms with E-state index in [1.54, 1.807) is 6.92 Å². The van der Waals surface area contributed by atoms with Crippen molar-refractivity contribution < 1.29 is 14.6 Å². The van der Waals surface area contributed by atoms with Crippen molar-refractivity contribution >= 4 is 17.7 Å². The number of amides is 1. The van der Waals surface area contributed by atoms with Crippen LogP contribution in [0.1, 0.15) is 51.5 Å². The van der Waals surface area contributed by atoms with E-state index in [1.807, 2.05) is 19.1 Å². The van der Waals surface area contributed by atoms with E-state index in [4.69, 9.17) is 16.3 Å². The lowest BCUT2D eigenvalue weighted by Gasteiger charge is -2.46. The summed E-state index contributed by atoms with van der Waals surface area (Å²) in [5, 5.41) is 14.2. The van der Waals surface area contributed by atoms with E-state index in [9.17, 15) is 9.90 Å². The molecule has 4 nitrogen and oxygen atoms in total. The highest BCUT2D eigenvalue weighted by atomic mass is 35.5. The van der Waals surface area contributed by atoms with Crippen LogP contribution in [0.5, 0.6) is 0 Å². The second-order valence-corrected chi connectivity index (χ2v) is 7.15. The fourth-order valence-corrected chi connectivity index (χ4v) is 3.53. The van der Waals surface area contributed by atoms with Gasteiger partial charge in [0, 0.05) is 11.6 Å². The van der Waals surface area contributed by atoms with E-state index < -0.39 is 11.7 Å². The van der Waals surface area contributed by atoms with Crippen molar-refractivity contribution in [2.75, 3.05) is 13.2 Å². The van der Waals surface area contributed by atoms with E-state index in [-0.39, 0.29) is 5.41 Å². The topological polar surface area (TPSA) is 58.6 Å². The number of halogens is 1. The molecule has 5 heteroatoms. The number of hydrogen-bond acceptors (Lipinski definition) is 3. The fourth-order valence-electron chi connectivity index (χ4n) is 3.41. The molecule has 23 heavy (non-hydrogen) atoms. The summed E-state index contributed by atoms with van der Waals surface area (Å²) in [6.07, 6.45) is 4.10. The summed E-state index contributed by atoms with van der Waals surface area (Å²) in [6, 6.07) is 7.95. The van der Waals surface area contributed by atoms with Gasteiger partial charge in [0.15, 0.2) is 0 Å². The van der Waals surface area contributed by atoms with Crippen molar-refractivity contribution in [2.45, 2.75) is 57.0 Å². The third-order valence-corrected chi connectivity index (χ3v) is 4.95. The Labute approximate surface area is 143 Å². The van der Waals surface area contributed by atoms with Crippen LogP contribution in [-0.2, 0) is 10.2 Å². The first-order chi connectivity index (χ1) is 10.9. The number of nitrogens with one attached hydrogen (secondary N) is 1. The van der Waals surface area contributed by atoms with E-state index in [0.717, 1.165) is 17.9 Å². The Morgan fingerprint density at radius 1 is 1.39 bits per heavy atom. The van der Waals surface area contributed by atoms with E-state index in [1.165, 1.54) is 12.0 Å². The maximum Gasteiger partial charge on any atom is 0.407 e. The van der Waals surface area contributed by atoms with Crippen LogP contribution in [0.15, 0.2) is 24.3 Å². The molecule has 0 bridgehead atoms. The summed E-state index contributed by atoms with van der Waals surface area (Å²) in [6.45, 7) is 4.36. The average Bonchev–Trinajstić information content (AvgIpc) is 2.44. The number of ether oxygens (including phenoxy) is 1. The Balaban J connectivity index is 1.94. The highest BCUT2D eigenvalue weighted by Gasteiger charge is 2.43. The molecule has 1 atom stereocenters. The Bertz CT molecular complexity index is 524. The van der Waals surface area contributed by atoms with Crippen molar-refractivity contribution in [3.8, 4) is 0 Å². The molecule has 1 aliphatic rings. The van der Waals surface area contributed by atoms with Gasteiger partial charge < -0.3 is 15.2 Å². The van der Waals surface area contributed by atoms with Crippen molar-refractivity contribution in [3.05, 3.63) is 34.9 Å². The maximum absolute atomic E-state index is 11.3. The van der Waals surface area contributed by atoms with Crippen LogP contribution in [0.25, 0.3) is 0 Å². The zero-order valence-electron chi connectivity index (χ0n) is 13.9. The molecule has 0 aromatic heterocycles. The molecule has 1 saturated carbocycles. The van der Waals surface area contributed by atoms with Crippen molar-refractivity contribution in [3.63, 3.8) is 0 Å². The van der Waals surface area contributed by atoms with Gasteiger partial charge in [0.1, 0.15) is 0 Å². The van der Waals surface area contributed by atoms with Gasteiger partial charge in [-0.25, -0.2) is 4.79 Å².